The molecule has 2 atom stereocenters. The minimum absolute atomic E-state index is 0.0715. The molecule has 0 fully saturated rings. The van der Waals surface area contributed by atoms with E-state index in [1.165, 1.54) is 6.07 Å². The van der Waals surface area contributed by atoms with Crippen molar-refractivity contribution in [2.24, 2.45) is 17.1 Å². The number of nitrogens with two attached hydrogens (primary N) is 1. The summed E-state index contributed by atoms with van der Waals surface area (Å²) in [5.74, 6) is -2.85. The molecule has 2 N–H and O–H groups in total. The van der Waals surface area contributed by atoms with Gasteiger partial charge in [-0.25, -0.2) is 8.78 Å². The Morgan fingerprint density at radius 2 is 1.88 bits per heavy atom. The second-order valence-corrected chi connectivity index (χ2v) is 6.27. The number of nitriles is 3. The Morgan fingerprint density at radius 1 is 1.16 bits per heavy atom. The molecule has 4 nitrogen and oxygen atoms in total. The third kappa shape index (κ3) is 2.29. The van der Waals surface area contributed by atoms with Crippen LogP contribution in [0.15, 0.2) is 41.1 Å². The molecule has 0 unspecified atom stereocenters. The Hall–Kier alpha value is -3.17. The molecule has 0 bridgehead atoms. The van der Waals surface area contributed by atoms with Gasteiger partial charge < -0.3 is 5.73 Å². The third-order valence-corrected chi connectivity index (χ3v) is 5.10. The van der Waals surface area contributed by atoms with Gasteiger partial charge >= 0.3 is 0 Å². The average molecular weight is 336 g/mol. The molecule has 0 amide bonds. The summed E-state index contributed by atoms with van der Waals surface area (Å²) in [5.41, 5.74) is 4.91. The zero-order chi connectivity index (χ0) is 18.2. The third-order valence-electron chi connectivity index (χ3n) is 5.10. The molecule has 0 aromatic heterocycles. The highest BCUT2D eigenvalue weighted by Crippen LogP contribution is 2.56. The Bertz CT molecular complexity index is 910. The number of hydrogen-bond donors (Lipinski definition) is 1. The fourth-order valence-corrected chi connectivity index (χ4v) is 3.97. The molecule has 3 rings (SSSR count). The van der Waals surface area contributed by atoms with Gasteiger partial charge in [0.25, 0.3) is 0 Å². The summed E-state index contributed by atoms with van der Waals surface area (Å²) >= 11 is 0. The number of hydrogen-bond acceptors (Lipinski definition) is 4. The molecule has 6 heteroatoms. The van der Waals surface area contributed by atoms with Crippen LogP contribution in [-0.2, 0) is 0 Å². The summed E-state index contributed by atoms with van der Waals surface area (Å²) in [6.45, 7) is 0. The molecule has 25 heavy (non-hydrogen) atoms. The lowest BCUT2D eigenvalue weighted by atomic mass is 9.56. The molecule has 2 aliphatic rings. The Balaban J connectivity index is 2.36. The summed E-state index contributed by atoms with van der Waals surface area (Å²) in [4.78, 5) is 0. The number of allylic oxidation sites excluding steroid dienone is 4. The Labute approximate surface area is 144 Å². The van der Waals surface area contributed by atoms with Crippen LogP contribution in [0.5, 0.6) is 0 Å². The van der Waals surface area contributed by atoms with Crippen LogP contribution in [0.4, 0.5) is 8.78 Å². The van der Waals surface area contributed by atoms with Crippen molar-refractivity contribution in [2.75, 3.05) is 0 Å². The lowest BCUT2D eigenvalue weighted by Crippen LogP contribution is -2.43. The largest absolute Gasteiger partial charge is 0.399 e. The normalized spacial score (nSPS) is 24.4. The maximum atomic E-state index is 14.5. The monoisotopic (exact) mass is 336 g/mol. The topological polar surface area (TPSA) is 97.4 Å². The van der Waals surface area contributed by atoms with E-state index in [1.807, 2.05) is 24.3 Å². The quantitative estimate of drug-likeness (QED) is 0.848. The van der Waals surface area contributed by atoms with Gasteiger partial charge in [-0.15, -0.1) is 0 Å². The summed E-state index contributed by atoms with van der Waals surface area (Å²) < 4.78 is 27.9. The van der Waals surface area contributed by atoms with E-state index in [-0.39, 0.29) is 16.8 Å². The fourth-order valence-electron chi connectivity index (χ4n) is 3.97. The lowest BCUT2D eigenvalue weighted by Gasteiger charge is -2.43. The Kier molecular flexibility index (Phi) is 4.03. The molecular weight excluding hydrogens is 322 g/mol. The highest BCUT2D eigenvalue weighted by Gasteiger charge is 2.54. The van der Waals surface area contributed by atoms with Crippen LogP contribution >= 0.6 is 0 Å². The van der Waals surface area contributed by atoms with Gasteiger partial charge in [0.05, 0.1) is 23.4 Å². The lowest BCUT2D eigenvalue weighted by molar-refractivity contribution is 0.309. The molecule has 1 aromatic rings. The first-order chi connectivity index (χ1) is 12.0. The molecule has 124 valence electrons. The van der Waals surface area contributed by atoms with E-state index in [0.717, 1.165) is 25.0 Å². The number of benzene rings is 1. The van der Waals surface area contributed by atoms with E-state index in [9.17, 15) is 24.6 Å². The molecule has 1 aromatic carbocycles. The van der Waals surface area contributed by atoms with Crippen LogP contribution in [0.3, 0.4) is 0 Å². The Morgan fingerprint density at radius 3 is 2.48 bits per heavy atom. The predicted octanol–water partition coefficient (Wildman–Crippen LogP) is 3.56. The standard InChI is InChI=1S/C19H14F2N4/c20-11-5-6-14(16(21)7-11)17-13-4-2-1-3-12(13)15(8-22)18(25)19(17,9-23)10-24/h3,5-7,13,17H,1-2,4,25H2/t13-,17+/m0/s1. The van der Waals surface area contributed by atoms with Crippen molar-refractivity contribution < 1.29 is 8.78 Å². The average Bonchev–Trinajstić information content (AvgIpc) is 2.62. The van der Waals surface area contributed by atoms with E-state index in [2.05, 4.69) is 0 Å². The molecular formula is C19H14F2N4. The van der Waals surface area contributed by atoms with Crippen molar-refractivity contribution >= 4 is 0 Å². The minimum atomic E-state index is -1.87. The number of fused-ring (bicyclic) bond motifs is 1. The second kappa shape index (κ2) is 6.04. The van der Waals surface area contributed by atoms with Gasteiger partial charge in [-0.05, 0) is 42.4 Å². The van der Waals surface area contributed by atoms with Crippen LogP contribution in [0.2, 0.25) is 0 Å². The van der Waals surface area contributed by atoms with Crippen molar-refractivity contribution in [1.82, 2.24) is 0 Å². The van der Waals surface area contributed by atoms with Crippen molar-refractivity contribution in [3.8, 4) is 18.2 Å². The summed E-state index contributed by atoms with van der Waals surface area (Å²) in [5, 5.41) is 29.1. The zero-order valence-electron chi connectivity index (χ0n) is 13.3. The van der Waals surface area contributed by atoms with E-state index < -0.39 is 28.9 Å². The summed E-state index contributed by atoms with van der Waals surface area (Å²) in [6.07, 6.45) is 4.00. The summed E-state index contributed by atoms with van der Waals surface area (Å²) in [7, 11) is 0. The van der Waals surface area contributed by atoms with E-state index in [0.29, 0.717) is 12.0 Å². The van der Waals surface area contributed by atoms with Gasteiger partial charge in [0.1, 0.15) is 17.7 Å². The van der Waals surface area contributed by atoms with Gasteiger partial charge in [0.2, 0.25) is 0 Å². The van der Waals surface area contributed by atoms with Gasteiger partial charge in [-0.3, -0.25) is 0 Å². The van der Waals surface area contributed by atoms with Crippen LogP contribution in [-0.4, -0.2) is 0 Å². The highest BCUT2D eigenvalue weighted by atomic mass is 19.1. The van der Waals surface area contributed by atoms with Gasteiger partial charge in [0.15, 0.2) is 5.41 Å². The maximum Gasteiger partial charge on any atom is 0.191 e. The smallest absolute Gasteiger partial charge is 0.191 e. The fraction of sp³-hybridized carbons (Fsp3) is 0.316. The summed E-state index contributed by atoms with van der Waals surface area (Å²) in [6, 6.07) is 8.94. The molecule has 0 saturated heterocycles. The van der Waals surface area contributed by atoms with Gasteiger partial charge in [-0.2, -0.15) is 15.8 Å². The number of nitrogens with zero attached hydrogens (tertiary/aromatic N) is 3. The first-order valence-corrected chi connectivity index (χ1v) is 7.88. The molecule has 0 heterocycles. The van der Waals surface area contributed by atoms with Gasteiger partial charge in [0, 0.05) is 12.0 Å². The molecule has 0 radical (unpaired) electrons. The van der Waals surface area contributed by atoms with Crippen LogP contribution in [0, 0.1) is 57.0 Å². The SMILES string of the molecule is N#CC1=C(N)C(C#N)(C#N)[C@@H](c2ccc(F)cc2F)[C@H]2CCCC=C12. The first-order valence-electron chi connectivity index (χ1n) is 7.88. The first kappa shape index (κ1) is 16.7. The molecule has 0 aliphatic heterocycles. The van der Waals surface area contributed by atoms with Crippen LogP contribution in [0.25, 0.3) is 0 Å². The minimum Gasteiger partial charge on any atom is -0.399 e. The van der Waals surface area contributed by atoms with Crippen LogP contribution < -0.4 is 5.73 Å². The molecule has 0 saturated carbocycles. The number of rotatable bonds is 1. The van der Waals surface area contributed by atoms with E-state index >= 15 is 0 Å². The van der Waals surface area contributed by atoms with Crippen molar-refractivity contribution in [2.45, 2.75) is 25.2 Å². The van der Waals surface area contributed by atoms with Crippen molar-refractivity contribution in [3.63, 3.8) is 0 Å². The predicted molar refractivity (Wildman–Crippen MR) is 85.0 cm³/mol. The molecule has 0 spiro atoms. The van der Waals surface area contributed by atoms with Crippen molar-refractivity contribution in [1.29, 1.82) is 15.8 Å². The second-order valence-electron chi connectivity index (χ2n) is 6.27. The highest BCUT2D eigenvalue weighted by molar-refractivity contribution is 5.59. The van der Waals surface area contributed by atoms with Crippen LogP contribution in [0.1, 0.15) is 30.7 Å². The van der Waals surface area contributed by atoms with E-state index in [1.54, 1.807) is 0 Å². The van der Waals surface area contributed by atoms with Crippen molar-refractivity contribution in [3.05, 3.63) is 58.3 Å². The van der Waals surface area contributed by atoms with Gasteiger partial charge in [-0.1, -0.05) is 12.1 Å². The van der Waals surface area contributed by atoms with E-state index in [4.69, 9.17) is 5.73 Å². The zero-order valence-corrected chi connectivity index (χ0v) is 13.3. The molecule has 2 aliphatic carbocycles. The number of halogens is 2. The maximum absolute atomic E-state index is 14.5.